The summed E-state index contributed by atoms with van der Waals surface area (Å²) in [7, 11) is 1.48. The van der Waals surface area contributed by atoms with Gasteiger partial charge in [-0.2, -0.15) is 0 Å². The van der Waals surface area contributed by atoms with Gasteiger partial charge in [-0.1, -0.05) is 17.7 Å². The number of ether oxygens (including phenoxy) is 2. The monoisotopic (exact) mass is 489 g/mol. The number of benzene rings is 1. The highest BCUT2D eigenvalue weighted by atomic mass is 35.5. The Morgan fingerprint density at radius 3 is 2.79 bits per heavy atom. The van der Waals surface area contributed by atoms with Crippen molar-refractivity contribution in [3.8, 4) is 5.75 Å². The average molecular weight is 490 g/mol. The van der Waals surface area contributed by atoms with Crippen LogP contribution in [0.5, 0.6) is 5.75 Å². The predicted molar refractivity (Wildman–Crippen MR) is 126 cm³/mol. The van der Waals surface area contributed by atoms with Crippen molar-refractivity contribution >= 4 is 45.6 Å². The number of carbonyl (C=O) groups is 2. The van der Waals surface area contributed by atoms with Gasteiger partial charge in [-0.3, -0.25) is 9.59 Å². The number of amides is 1. The molecule has 0 saturated carbocycles. The van der Waals surface area contributed by atoms with E-state index >= 15 is 0 Å². The molecule has 7 nitrogen and oxygen atoms in total. The summed E-state index contributed by atoms with van der Waals surface area (Å²) < 4.78 is 16.7. The lowest BCUT2D eigenvalue weighted by Gasteiger charge is -2.25. The predicted octanol–water partition coefficient (Wildman–Crippen LogP) is 5.55. The molecule has 9 heteroatoms. The Hall–Kier alpha value is -2.81. The van der Waals surface area contributed by atoms with Gasteiger partial charge < -0.3 is 23.9 Å². The second-order valence-corrected chi connectivity index (χ2v) is 9.33. The van der Waals surface area contributed by atoms with E-state index in [9.17, 15) is 14.7 Å². The average Bonchev–Trinajstić information content (AvgIpc) is 3.50. The quantitative estimate of drug-likeness (QED) is 0.313. The molecule has 0 bridgehead atoms. The molecule has 0 fully saturated rings. The third kappa shape index (κ3) is 4.51. The molecule has 4 rings (SSSR count). The molecule has 1 atom stereocenters. The number of thiophene rings is 1. The third-order valence-electron chi connectivity index (χ3n) is 5.35. The molecule has 3 aromatic rings. The Bertz CT molecular complexity index is 1210. The first kappa shape index (κ1) is 23.4. The van der Waals surface area contributed by atoms with Gasteiger partial charge in [-0.05, 0) is 43.8 Å². The normalized spacial score (nSPS) is 16.5. The molecule has 0 spiro atoms. The fourth-order valence-corrected chi connectivity index (χ4v) is 4.96. The maximum atomic E-state index is 13.5. The van der Waals surface area contributed by atoms with Gasteiger partial charge in [-0.25, -0.2) is 0 Å². The summed E-state index contributed by atoms with van der Waals surface area (Å²) >= 11 is 7.55. The summed E-state index contributed by atoms with van der Waals surface area (Å²) in [6, 6.07) is 7.77. The van der Waals surface area contributed by atoms with Crippen LogP contribution in [0.15, 0.2) is 51.5 Å². The maximum absolute atomic E-state index is 13.5. The zero-order chi connectivity index (χ0) is 23.7. The first-order valence-corrected chi connectivity index (χ1v) is 11.8. The van der Waals surface area contributed by atoms with Crippen molar-refractivity contribution in [3.05, 3.63) is 62.7 Å². The van der Waals surface area contributed by atoms with E-state index in [4.69, 9.17) is 25.5 Å². The van der Waals surface area contributed by atoms with Crippen LogP contribution in [0.4, 0.5) is 0 Å². The number of Topliss-reactive ketones (excluding diaryl/α,β-unsaturated/α-hetero) is 1. The van der Waals surface area contributed by atoms with E-state index in [1.165, 1.54) is 23.3 Å². The number of rotatable bonds is 9. The maximum Gasteiger partial charge on any atom is 0.290 e. The molecule has 1 aromatic carbocycles. The largest absolute Gasteiger partial charge is 0.503 e. The topological polar surface area (TPSA) is 89.2 Å². The highest BCUT2D eigenvalue weighted by molar-refractivity contribution is 7.10. The van der Waals surface area contributed by atoms with Crippen molar-refractivity contribution in [2.75, 3.05) is 20.3 Å². The van der Waals surface area contributed by atoms with E-state index < -0.39 is 23.5 Å². The number of carbonyl (C=O) groups excluding carboxylic acids is 2. The minimum atomic E-state index is -0.706. The number of fused-ring (bicyclic) bond motifs is 1. The minimum Gasteiger partial charge on any atom is -0.503 e. The lowest BCUT2D eigenvalue weighted by atomic mass is 10.00. The van der Waals surface area contributed by atoms with E-state index in [1.807, 2.05) is 31.4 Å². The van der Waals surface area contributed by atoms with Crippen LogP contribution >= 0.6 is 22.9 Å². The standard InChI is InChI=1S/C24H24ClNO6S/c1-13(2)31-8-5-7-26-20(18-6-4-9-33-18)19(22(28)24(26)29)21(27)16-11-14-10-15(25)12-17(30-3)23(14)32-16/h4,6,9-13,20,28H,5,7-8H2,1-3H3. The van der Waals surface area contributed by atoms with Crippen LogP contribution in [0.2, 0.25) is 5.02 Å². The Balaban J connectivity index is 1.69. The Morgan fingerprint density at radius 1 is 1.33 bits per heavy atom. The van der Waals surface area contributed by atoms with Crippen molar-refractivity contribution < 1.29 is 28.6 Å². The molecule has 0 aliphatic carbocycles. The second kappa shape index (κ2) is 9.59. The fourth-order valence-electron chi connectivity index (χ4n) is 3.89. The molecule has 1 aliphatic heterocycles. The van der Waals surface area contributed by atoms with Crippen LogP contribution in [-0.2, 0) is 9.53 Å². The van der Waals surface area contributed by atoms with Crippen LogP contribution in [0.1, 0.15) is 41.7 Å². The number of hydrogen-bond donors (Lipinski definition) is 1. The summed E-state index contributed by atoms with van der Waals surface area (Å²) in [6.45, 7) is 4.68. The lowest BCUT2D eigenvalue weighted by molar-refractivity contribution is -0.129. The summed E-state index contributed by atoms with van der Waals surface area (Å²) in [5, 5.41) is 13.6. The molecular formula is C24H24ClNO6S. The van der Waals surface area contributed by atoms with Gasteiger partial charge in [0.15, 0.2) is 22.9 Å². The van der Waals surface area contributed by atoms with Gasteiger partial charge in [0.25, 0.3) is 5.91 Å². The molecule has 1 N–H and O–H groups in total. The molecule has 33 heavy (non-hydrogen) atoms. The molecule has 1 unspecified atom stereocenters. The second-order valence-electron chi connectivity index (χ2n) is 7.92. The summed E-state index contributed by atoms with van der Waals surface area (Å²) in [4.78, 5) is 28.8. The van der Waals surface area contributed by atoms with E-state index in [2.05, 4.69) is 0 Å². The van der Waals surface area contributed by atoms with Gasteiger partial charge in [0.2, 0.25) is 5.78 Å². The number of ketones is 1. The van der Waals surface area contributed by atoms with Crippen LogP contribution in [-0.4, -0.2) is 48.1 Å². The van der Waals surface area contributed by atoms with Gasteiger partial charge in [0.05, 0.1) is 24.8 Å². The van der Waals surface area contributed by atoms with Crippen LogP contribution in [0.3, 0.4) is 0 Å². The van der Waals surface area contributed by atoms with E-state index in [1.54, 1.807) is 18.2 Å². The Kier molecular flexibility index (Phi) is 6.78. The highest BCUT2D eigenvalue weighted by Crippen LogP contribution is 2.42. The summed E-state index contributed by atoms with van der Waals surface area (Å²) in [5.41, 5.74) is 0.362. The number of methoxy groups -OCH3 is 1. The number of halogens is 1. The van der Waals surface area contributed by atoms with E-state index in [0.717, 1.165) is 4.88 Å². The smallest absolute Gasteiger partial charge is 0.290 e. The van der Waals surface area contributed by atoms with Crippen LogP contribution < -0.4 is 4.74 Å². The highest BCUT2D eigenvalue weighted by Gasteiger charge is 2.44. The number of nitrogens with zero attached hydrogens (tertiary/aromatic N) is 1. The Labute approximate surface area is 200 Å². The first-order chi connectivity index (χ1) is 15.8. The van der Waals surface area contributed by atoms with Gasteiger partial charge in [0.1, 0.15) is 0 Å². The zero-order valence-electron chi connectivity index (χ0n) is 18.5. The molecule has 3 heterocycles. The van der Waals surface area contributed by atoms with Gasteiger partial charge in [-0.15, -0.1) is 11.3 Å². The van der Waals surface area contributed by atoms with Gasteiger partial charge >= 0.3 is 0 Å². The van der Waals surface area contributed by atoms with E-state index in [-0.39, 0.29) is 17.4 Å². The summed E-state index contributed by atoms with van der Waals surface area (Å²) in [6.07, 6.45) is 0.649. The lowest BCUT2D eigenvalue weighted by Crippen LogP contribution is -2.32. The Morgan fingerprint density at radius 2 is 2.12 bits per heavy atom. The fraction of sp³-hybridized carbons (Fsp3) is 0.333. The zero-order valence-corrected chi connectivity index (χ0v) is 20.0. The van der Waals surface area contributed by atoms with Crippen LogP contribution in [0.25, 0.3) is 11.0 Å². The number of hydrogen-bond acceptors (Lipinski definition) is 7. The number of aliphatic hydroxyl groups is 1. The molecular weight excluding hydrogens is 466 g/mol. The molecule has 0 radical (unpaired) electrons. The van der Waals surface area contributed by atoms with Crippen molar-refractivity contribution in [2.45, 2.75) is 32.4 Å². The van der Waals surface area contributed by atoms with Crippen molar-refractivity contribution in [2.24, 2.45) is 0 Å². The molecule has 174 valence electrons. The van der Waals surface area contributed by atoms with Crippen molar-refractivity contribution in [1.29, 1.82) is 0 Å². The van der Waals surface area contributed by atoms with Crippen molar-refractivity contribution in [1.82, 2.24) is 4.90 Å². The third-order valence-corrected chi connectivity index (χ3v) is 6.49. The molecule has 0 saturated heterocycles. The van der Waals surface area contributed by atoms with E-state index in [0.29, 0.717) is 41.3 Å². The number of aliphatic hydroxyl groups excluding tert-OH is 1. The number of furan rings is 1. The minimum absolute atomic E-state index is 0.00338. The SMILES string of the molecule is COc1cc(Cl)cc2cc(C(=O)C3=C(O)C(=O)N(CCCOC(C)C)C3c3cccs3)oc12. The van der Waals surface area contributed by atoms with Crippen molar-refractivity contribution in [3.63, 3.8) is 0 Å². The molecule has 2 aromatic heterocycles. The van der Waals surface area contributed by atoms with Crippen LogP contribution in [0, 0.1) is 0 Å². The molecule has 1 aliphatic rings. The first-order valence-electron chi connectivity index (χ1n) is 10.5. The molecule has 1 amide bonds. The van der Waals surface area contributed by atoms with Gasteiger partial charge in [0, 0.05) is 34.5 Å². The summed E-state index contributed by atoms with van der Waals surface area (Å²) in [5.74, 6) is -1.33.